The Morgan fingerprint density at radius 1 is 1.19 bits per heavy atom. The third-order valence-corrected chi connectivity index (χ3v) is 6.15. The first-order valence-corrected chi connectivity index (χ1v) is 11.1. The van der Waals surface area contributed by atoms with Crippen molar-refractivity contribution >= 4 is 34.8 Å². The van der Waals surface area contributed by atoms with Gasteiger partial charge in [-0.25, -0.2) is 0 Å². The van der Waals surface area contributed by atoms with Gasteiger partial charge in [-0.2, -0.15) is 0 Å². The number of hydrogen-bond donors (Lipinski definition) is 2. The van der Waals surface area contributed by atoms with Crippen molar-refractivity contribution in [2.45, 2.75) is 44.9 Å². The number of piperidine rings is 1. The SMILES string of the molecule is CC(=O)Nc1ccccc1OC[C@H](O)[C@H](C)N1CCC(Oc2ccc(Cl)c(Cl)c2)CC1. The molecule has 1 heterocycles. The highest BCUT2D eigenvalue weighted by molar-refractivity contribution is 6.42. The van der Waals surface area contributed by atoms with Crippen molar-refractivity contribution < 1.29 is 19.4 Å². The first-order chi connectivity index (χ1) is 14.8. The molecule has 168 valence electrons. The van der Waals surface area contributed by atoms with Gasteiger partial charge in [-0.3, -0.25) is 9.69 Å². The summed E-state index contributed by atoms with van der Waals surface area (Å²) in [6.45, 7) is 5.20. The minimum Gasteiger partial charge on any atom is -0.490 e. The van der Waals surface area contributed by atoms with E-state index in [1.165, 1.54) is 6.92 Å². The Morgan fingerprint density at radius 2 is 1.90 bits per heavy atom. The summed E-state index contributed by atoms with van der Waals surface area (Å²) in [5.41, 5.74) is 0.593. The Labute approximate surface area is 193 Å². The van der Waals surface area contributed by atoms with E-state index in [0.717, 1.165) is 25.9 Å². The van der Waals surface area contributed by atoms with E-state index < -0.39 is 6.10 Å². The normalized spacial score (nSPS) is 17.1. The van der Waals surface area contributed by atoms with Crippen molar-refractivity contribution in [1.29, 1.82) is 0 Å². The van der Waals surface area contributed by atoms with Gasteiger partial charge in [0, 0.05) is 32.1 Å². The molecule has 2 N–H and O–H groups in total. The van der Waals surface area contributed by atoms with Crippen LogP contribution in [-0.4, -0.2) is 53.9 Å². The van der Waals surface area contributed by atoms with Crippen LogP contribution in [0.2, 0.25) is 10.0 Å². The second-order valence-corrected chi connectivity index (χ2v) is 8.54. The number of halogens is 2. The zero-order valence-corrected chi connectivity index (χ0v) is 19.2. The summed E-state index contributed by atoms with van der Waals surface area (Å²) in [6, 6.07) is 12.4. The van der Waals surface area contributed by atoms with Crippen LogP contribution in [0.1, 0.15) is 26.7 Å². The Kier molecular flexibility index (Phi) is 8.43. The highest BCUT2D eigenvalue weighted by atomic mass is 35.5. The molecule has 1 amide bonds. The molecule has 2 atom stereocenters. The first-order valence-electron chi connectivity index (χ1n) is 10.4. The van der Waals surface area contributed by atoms with Gasteiger partial charge in [0.05, 0.1) is 15.7 Å². The fourth-order valence-electron chi connectivity index (χ4n) is 3.59. The molecular weight excluding hydrogens is 439 g/mol. The number of aliphatic hydroxyl groups excluding tert-OH is 1. The van der Waals surface area contributed by atoms with E-state index in [4.69, 9.17) is 32.7 Å². The number of hydrogen-bond acceptors (Lipinski definition) is 5. The van der Waals surface area contributed by atoms with Gasteiger partial charge in [-0.15, -0.1) is 0 Å². The zero-order valence-electron chi connectivity index (χ0n) is 17.7. The van der Waals surface area contributed by atoms with Gasteiger partial charge in [0.1, 0.15) is 30.3 Å². The Hall–Kier alpha value is -1.99. The monoisotopic (exact) mass is 466 g/mol. The number of benzene rings is 2. The van der Waals surface area contributed by atoms with Crippen LogP contribution in [0.15, 0.2) is 42.5 Å². The zero-order chi connectivity index (χ0) is 22.4. The van der Waals surface area contributed by atoms with Crippen LogP contribution >= 0.6 is 23.2 Å². The molecule has 0 radical (unpaired) electrons. The van der Waals surface area contributed by atoms with Gasteiger partial charge >= 0.3 is 0 Å². The summed E-state index contributed by atoms with van der Waals surface area (Å²) in [5, 5.41) is 14.4. The first kappa shape index (κ1) is 23.7. The summed E-state index contributed by atoms with van der Waals surface area (Å²) in [5.74, 6) is 1.08. The maximum absolute atomic E-state index is 11.3. The number of likely N-dealkylation sites (tertiary alicyclic amines) is 1. The fourth-order valence-corrected chi connectivity index (χ4v) is 3.87. The van der Waals surface area contributed by atoms with Crippen molar-refractivity contribution in [3.63, 3.8) is 0 Å². The van der Waals surface area contributed by atoms with Crippen molar-refractivity contribution in [2.75, 3.05) is 25.0 Å². The molecule has 0 spiro atoms. The standard InChI is InChI=1S/C23H28Cl2N2O4/c1-15(22(29)14-30-23-6-4-3-5-21(23)26-16(2)28)27-11-9-17(10-12-27)31-18-7-8-19(24)20(25)13-18/h3-8,13,15,17,22,29H,9-12,14H2,1-2H3,(H,26,28)/t15-,22-/m0/s1. The molecule has 1 aliphatic rings. The number of ether oxygens (including phenoxy) is 2. The Morgan fingerprint density at radius 3 is 2.58 bits per heavy atom. The number of carbonyl (C=O) groups excluding carboxylic acids is 1. The van der Waals surface area contributed by atoms with Gasteiger partial charge in [0.25, 0.3) is 0 Å². The lowest BCUT2D eigenvalue weighted by molar-refractivity contribution is -0.114. The second-order valence-electron chi connectivity index (χ2n) is 7.73. The highest BCUT2D eigenvalue weighted by Gasteiger charge is 2.28. The Bertz CT molecular complexity index is 888. The van der Waals surface area contributed by atoms with E-state index in [0.29, 0.717) is 27.2 Å². The molecule has 2 aromatic rings. The van der Waals surface area contributed by atoms with Crippen LogP contribution in [0, 0.1) is 0 Å². The second kappa shape index (κ2) is 11.0. The summed E-state index contributed by atoms with van der Waals surface area (Å²) >= 11 is 12.0. The summed E-state index contributed by atoms with van der Waals surface area (Å²) < 4.78 is 11.8. The molecule has 1 aliphatic heterocycles. The third kappa shape index (κ3) is 6.74. The van der Waals surface area contributed by atoms with Crippen LogP contribution in [0.3, 0.4) is 0 Å². The van der Waals surface area contributed by atoms with Crippen molar-refractivity contribution in [3.05, 3.63) is 52.5 Å². The lowest BCUT2D eigenvalue weighted by Crippen LogP contribution is -2.49. The van der Waals surface area contributed by atoms with E-state index in [1.54, 1.807) is 24.3 Å². The quantitative estimate of drug-likeness (QED) is 0.593. The lowest BCUT2D eigenvalue weighted by atomic mass is 10.0. The maximum atomic E-state index is 11.3. The molecule has 1 fully saturated rings. The molecule has 31 heavy (non-hydrogen) atoms. The molecule has 0 unspecified atom stereocenters. The van der Waals surface area contributed by atoms with E-state index >= 15 is 0 Å². The van der Waals surface area contributed by atoms with E-state index in [1.807, 2.05) is 25.1 Å². The fraction of sp³-hybridized carbons (Fsp3) is 0.435. The lowest BCUT2D eigenvalue weighted by Gasteiger charge is -2.37. The number of rotatable bonds is 8. The number of nitrogens with zero attached hydrogens (tertiary/aromatic N) is 1. The van der Waals surface area contributed by atoms with Crippen molar-refractivity contribution in [2.24, 2.45) is 0 Å². The summed E-state index contributed by atoms with van der Waals surface area (Å²) in [6.07, 6.45) is 1.13. The van der Waals surface area contributed by atoms with Crippen LogP contribution in [0.25, 0.3) is 0 Å². The van der Waals surface area contributed by atoms with Crippen molar-refractivity contribution in [1.82, 2.24) is 4.90 Å². The molecule has 0 aromatic heterocycles. The summed E-state index contributed by atoms with van der Waals surface area (Å²) in [4.78, 5) is 13.6. The molecule has 8 heteroatoms. The van der Waals surface area contributed by atoms with Crippen LogP contribution < -0.4 is 14.8 Å². The van der Waals surface area contributed by atoms with Gasteiger partial charge in [-0.1, -0.05) is 35.3 Å². The van der Waals surface area contributed by atoms with E-state index in [9.17, 15) is 9.90 Å². The number of nitrogens with one attached hydrogen (secondary N) is 1. The van der Waals surface area contributed by atoms with Gasteiger partial charge < -0.3 is 19.9 Å². The number of amides is 1. The Balaban J connectivity index is 1.47. The van der Waals surface area contributed by atoms with E-state index in [-0.39, 0.29) is 24.7 Å². The predicted molar refractivity (Wildman–Crippen MR) is 123 cm³/mol. The average molecular weight is 467 g/mol. The number of para-hydroxylation sites is 2. The summed E-state index contributed by atoms with van der Waals surface area (Å²) in [7, 11) is 0. The predicted octanol–water partition coefficient (Wildman–Crippen LogP) is 4.62. The minimum atomic E-state index is -0.669. The van der Waals surface area contributed by atoms with E-state index in [2.05, 4.69) is 10.2 Å². The molecule has 3 rings (SSSR count). The molecule has 0 aliphatic carbocycles. The third-order valence-electron chi connectivity index (χ3n) is 5.41. The molecule has 0 saturated carbocycles. The van der Waals surface area contributed by atoms with Gasteiger partial charge in [0.15, 0.2) is 0 Å². The van der Waals surface area contributed by atoms with Gasteiger partial charge in [0.2, 0.25) is 5.91 Å². The van der Waals surface area contributed by atoms with Crippen LogP contribution in [0.4, 0.5) is 5.69 Å². The molecule has 2 aromatic carbocycles. The smallest absolute Gasteiger partial charge is 0.221 e. The molecule has 0 bridgehead atoms. The van der Waals surface area contributed by atoms with Gasteiger partial charge in [-0.05, 0) is 44.0 Å². The number of anilines is 1. The number of carbonyl (C=O) groups is 1. The minimum absolute atomic E-state index is 0.0705. The number of aliphatic hydroxyl groups is 1. The molecule has 6 nitrogen and oxygen atoms in total. The van der Waals surface area contributed by atoms with Crippen LogP contribution in [0.5, 0.6) is 11.5 Å². The largest absolute Gasteiger partial charge is 0.490 e. The van der Waals surface area contributed by atoms with Crippen LogP contribution in [-0.2, 0) is 4.79 Å². The topological polar surface area (TPSA) is 71.0 Å². The molecular formula is C23H28Cl2N2O4. The average Bonchev–Trinajstić information content (AvgIpc) is 2.75. The maximum Gasteiger partial charge on any atom is 0.221 e. The highest BCUT2D eigenvalue weighted by Crippen LogP contribution is 2.29. The molecule has 1 saturated heterocycles. The van der Waals surface area contributed by atoms with Crippen molar-refractivity contribution in [3.8, 4) is 11.5 Å².